The van der Waals surface area contributed by atoms with Crippen LogP contribution in [0, 0.1) is 13.8 Å². The normalized spacial score (nSPS) is 12.3. The molecule has 3 rings (SSSR count). The summed E-state index contributed by atoms with van der Waals surface area (Å²) in [6.45, 7) is 5.38. The molecule has 2 aromatic carbocycles. The van der Waals surface area contributed by atoms with Gasteiger partial charge in [0.2, 0.25) is 0 Å². The van der Waals surface area contributed by atoms with E-state index in [-0.39, 0.29) is 22.4 Å². The van der Waals surface area contributed by atoms with Gasteiger partial charge in [-0.3, -0.25) is 9.52 Å². The highest BCUT2D eigenvalue weighted by atomic mass is 32.2. The predicted molar refractivity (Wildman–Crippen MR) is 114 cm³/mol. The van der Waals surface area contributed by atoms with Crippen LogP contribution in [0.5, 0.6) is 5.75 Å². The summed E-state index contributed by atoms with van der Waals surface area (Å²) in [6.07, 6.45) is 0. The van der Waals surface area contributed by atoms with Gasteiger partial charge in [-0.05, 0) is 74.9 Å². The van der Waals surface area contributed by atoms with Gasteiger partial charge in [-0.1, -0.05) is 6.07 Å². The van der Waals surface area contributed by atoms with Gasteiger partial charge in [0.05, 0.1) is 18.0 Å². The number of ether oxygens (including phenoxy) is 1. The van der Waals surface area contributed by atoms with Crippen molar-refractivity contribution in [2.45, 2.75) is 31.7 Å². The Bertz CT molecular complexity index is 1150. The molecular formula is C22H24N2O5S. The Balaban J connectivity index is 1.81. The van der Waals surface area contributed by atoms with Crippen LogP contribution in [-0.2, 0) is 10.0 Å². The first-order valence-electron chi connectivity index (χ1n) is 9.34. The summed E-state index contributed by atoms with van der Waals surface area (Å²) in [5.74, 6) is 1.62. The number of methoxy groups -OCH3 is 1. The summed E-state index contributed by atoms with van der Waals surface area (Å²) in [7, 11) is -2.34. The minimum atomic E-state index is -3.87. The van der Waals surface area contributed by atoms with Crippen LogP contribution in [0.4, 0.5) is 5.69 Å². The standard InChI is InChI=1S/C22H24N2O5S/c1-14-5-11-19(30(26,27)24-17-7-9-18(28-4)10-8-17)13-20(14)22(25)23-16(3)21-12-6-15(2)29-21/h5-13,16,24H,1-4H3,(H,23,25). The van der Waals surface area contributed by atoms with Crippen LogP contribution in [0.3, 0.4) is 0 Å². The van der Waals surface area contributed by atoms with Crippen LogP contribution in [-0.4, -0.2) is 21.4 Å². The highest BCUT2D eigenvalue weighted by molar-refractivity contribution is 7.92. The number of carbonyl (C=O) groups excluding carboxylic acids is 1. The zero-order valence-corrected chi connectivity index (χ0v) is 18.0. The maximum atomic E-state index is 12.8. The van der Waals surface area contributed by atoms with E-state index in [1.165, 1.54) is 19.2 Å². The third-order valence-corrected chi connectivity index (χ3v) is 6.02. The van der Waals surface area contributed by atoms with Crippen molar-refractivity contribution in [2.75, 3.05) is 11.8 Å². The number of furan rings is 1. The third kappa shape index (κ3) is 4.83. The number of carbonyl (C=O) groups is 1. The van der Waals surface area contributed by atoms with Gasteiger partial charge in [0, 0.05) is 11.3 Å². The van der Waals surface area contributed by atoms with Gasteiger partial charge in [0.1, 0.15) is 17.3 Å². The fourth-order valence-electron chi connectivity index (χ4n) is 2.92. The lowest BCUT2D eigenvalue weighted by Gasteiger charge is -2.14. The second kappa shape index (κ2) is 8.62. The minimum Gasteiger partial charge on any atom is -0.497 e. The summed E-state index contributed by atoms with van der Waals surface area (Å²) < 4.78 is 38.7. The van der Waals surface area contributed by atoms with E-state index in [4.69, 9.17) is 9.15 Å². The fraction of sp³-hybridized carbons (Fsp3) is 0.227. The van der Waals surface area contributed by atoms with Crippen molar-refractivity contribution in [3.63, 3.8) is 0 Å². The molecule has 1 atom stereocenters. The second-order valence-electron chi connectivity index (χ2n) is 6.95. The van der Waals surface area contributed by atoms with E-state index in [9.17, 15) is 13.2 Å². The Morgan fingerprint density at radius 2 is 1.73 bits per heavy atom. The summed E-state index contributed by atoms with van der Waals surface area (Å²) >= 11 is 0. The predicted octanol–water partition coefficient (Wildman–Crippen LogP) is 4.20. The molecule has 3 aromatic rings. The first-order valence-corrected chi connectivity index (χ1v) is 10.8. The number of amides is 1. The molecule has 8 heteroatoms. The highest BCUT2D eigenvalue weighted by Crippen LogP contribution is 2.22. The van der Waals surface area contributed by atoms with Crippen molar-refractivity contribution in [3.8, 4) is 5.75 Å². The van der Waals surface area contributed by atoms with Crippen molar-refractivity contribution in [3.05, 3.63) is 77.2 Å². The molecule has 1 heterocycles. The SMILES string of the molecule is COc1ccc(NS(=O)(=O)c2ccc(C)c(C(=O)NC(C)c3ccc(C)o3)c2)cc1. The second-order valence-corrected chi connectivity index (χ2v) is 8.64. The van der Waals surface area contributed by atoms with Crippen molar-refractivity contribution in [1.82, 2.24) is 5.32 Å². The number of benzene rings is 2. The van der Waals surface area contributed by atoms with Crippen LogP contribution >= 0.6 is 0 Å². The molecule has 0 saturated heterocycles. The first-order chi connectivity index (χ1) is 14.2. The van der Waals surface area contributed by atoms with E-state index < -0.39 is 10.0 Å². The average Bonchev–Trinajstić information content (AvgIpc) is 3.15. The van der Waals surface area contributed by atoms with Gasteiger partial charge in [-0.2, -0.15) is 0 Å². The zero-order chi connectivity index (χ0) is 21.9. The number of hydrogen-bond acceptors (Lipinski definition) is 5. The molecule has 0 bridgehead atoms. The van der Waals surface area contributed by atoms with Crippen molar-refractivity contribution < 1.29 is 22.4 Å². The molecule has 0 aliphatic rings. The van der Waals surface area contributed by atoms with Crippen LogP contribution < -0.4 is 14.8 Å². The maximum absolute atomic E-state index is 12.8. The lowest BCUT2D eigenvalue weighted by Crippen LogP contribution is -2.27. The van der Waals surface area contributed by atoms with E-state index in [1.807, 2.05) is 13.0 Å². The van der Waals surface area contributed by atoms with Crippen LogP contribution in [0.15, 0.2) is 63.9 Å². The molecule has 0 spiro atoms. The molecule has 2 N–H and O–H groups in total. The largest absolute Gasteiger partial charge is 0.497 e. The van der Waals surface area contributed by atoms with Crippen LogP contribution in [0.25, 0.3) is 0 Å². The summed E-state index contributed by atoms with van der Waals surface area (Å²) in [5, 5.41) is 2.85. The molecule has 0 fully saturated rings. The average molecular weight is 429 g/mol. The number of nitrogens with one attached hydrogen (secondary N) is 2. The van der Waals surface area contributed by atoms with Gasteiger partial charge in [-0.25, -0.2) is 8.42 Å². The number of rotatable bonds is 7. The molecule has 30 heavy (non-hydrogen) atoms. The quantitative estimate of drug-likeness (QED) is 0.588. The van der Waals surface area contributed by atoms with Crippen LogP contribution in [0.1, 0.15) is 40.4 Å². The molecule has 0 radical (unpaired) electrons. The smallest absolute Gasteiger partial charge is 0.261 e. The Morgan fingerprint density at radius 1 is 1.03 bits per heavy atom. The van der Waals surface area contributed by atoms with Crippen molar-refractivity contribution in [1.29, 1.82) is 0 Å². The van der Waals surface area contributed by atoms with Gasteiger partial charge in [0.15, 0.2) is 0 Å². The van der Waals surface area contributed by atoms with Gasteiger partial charge >= 0.3 is 0 Å². The number of anilines is 1. The topological polar surface area (TPSA) is 97.6 Å². The van der Waals surface area contributed by atoms with Gasteiger partial charge in [-0.15, -0.1) is 0 Å². The molecule has 0 saturated carbocycles. The number of sulfonamides is 1. The molecule has 7 nitrogen and oxygen atoms in total. The minimum absolute atomic E-state index is 0.00411. The van der Waals surface area contributed by atoms with E-state index in [0.29, 0.717) is 22.8 Å². The summed E-state index contributed by atoms with van der Waals surface area (Å²) in [4.78, 5) is 12.8. The molecule has 158 valence electrons. The van der Waals surface area contributed by atoms with E-state index in [2.05, 4.69) is 10.0 Å². The van der Waals surface area contributed by atoms with E-state index >= 15 is 0 Å². The highest BCUT2D eigenvalue weighted by Gasteiger charge is 2.20. The van der Waals surface area contributed by atoms with Crippen molar-refractivity contribution in [2.24, 2.45) is 0 Å². The Morgan fingerprint density at radius 3 is 2.33 bits per heavy atom. The lowest BCUT2D eigenvalue weighted by atomic mass is 10.1. The molecule has 1 aromatic heterocycles. The van der Waals surface area contributed by atoms with Gasteiger partial charge in [0.25, 0.3) is 15.9 Å². The fourth-order valence-corrected chi connectivity index (χ4v) is 4.00. The number of hydrogen-bond donors (Lipinski definition) is 2. The molecule has 1 unspecified atom stereocenters. The number of aryl methyl sites for hydroxylation is 2. The Labute approximate surface area is 176 Å². The lowest BCUT2D eigenvalue weighted by molar-refractivity contribution is 0.0934. The molecule has 1 amide bonds. The summed E-state index contributed by atoms with van der Waals surface area (Å²) in [5.41, 5.74) is 1.34. The van der Waals surface area contributed by atoms with Crippen molar-refractivity contribution >= 4 is 21.6 Å². The Kier molecular flexibility index (Phi) is 6.17. The Hall–Kier alpha value is -3.26. The monoisotopic (exact) mass is 428 g/mol. The molecule has 0 aliphatic carbocycles. The third-order valence-electron chi connectivity index (χ3n) is 4.64. The van der Waals surface area contributed by atoms with E-state index in [0.717, 1.165) is 5.76 Å². The summed E-state index contributed by atoms with van der Waals surface area (Å²) in [6, 6.07) is 14.2. The maximum Gasteiger partial charge on any atom is 0.261 e. The molecule has 0 aliphatic heterocycles. The van der Waals surface area contributed by atoms with Crippen LogP contribution in [0.2, 0.25) is 0 Å². The van der Waals surface area contributed by atoms with Gasteiger partial charge < -0.3 is 14.5 Å². The first kappa shape index (κ1) is 21.4. The molecular weight excluding hydrogens is 404 g/mol. The zero-order valence-electron chi connectivity index (χ0n) is 17.2. The van der Waals surface area contributed by atoms with E-state index in [1.54, 1.807) is 50.2 Å².